The van der Waals surface area contributed by atoms with E-state index < -0.39 is 34.3 Å². The summed E-state index contributed by atoms with van der Waals surface area (Å²) in [6.07, 6.45) is -6.27. The number of nitrogens with one attached hydrogen (secondary N) is 1. The smallest absolute Gasteiger partial charge is 0.390 e. The van der Waals surface area contributed by atoms with E-state index in [9.17, 15) is 26.4 Å². The van der Waals surface area contributed by atoms with Gasteiger partial charge in [-0.1, -0.05) is 24.3 Å². The van der Waals surface area contributed by atoms with Gasteiger partial charge in [0.2, 0.25) is 10.0 Å². The highest BCUT2D eigenvalue weighted by Gasteiger charge is 2.29. The van der Waals surface area contributed by atoms with Crippen molar-refractivity contribution in [1.82, 2.24) is 4.72 Å². The summed E-state index contributed by atoms with van der Waals surface area (Å²) in [5.41, 5.74) is 0.819. The molecule has 0 atom stereocenters. The lowest BCUT2D eigenvalue weighted by Gasteiger charge is -2.11. The lowest BCUT2D eigenvalue weighted by molar-refractivity contribution is -0.136. The molecule has 1 aromatic carbocycles. The molecular formula is C12H14F3NO4S. The molecule has 0 saturated carbocycles. The van der Waals surface area contributed by atoms with Crippen molar-refractivity contribution < 1.29 is 31.5 Å². The van der Waals surface area contributed by atoms with E-state index in [0.717, 1.165) is 0 Å². The predicted molar refractivity (Wildman–Crippen MR) is 69.1 cm³/mol. The Bertz CT molecular complexity index is 599. The van der Waals surface area contributed by atoms with Crippen LogP contribution in [0.15, 0.2) is 24.3 Å². The second kappa shape index (κ2) is 6.90. The summed E-state index contributed by atoms with van der Waals surface area (Å²) in [5, 5.41) is 8.73. The number of alkyl halides is 3. The number of hydrogen-bond acceptors (Lipinski definition) is 3. The molecule has 2 N–H and O–H groups in total. The maximum Gasteiger partial charge on any atom is 0.390 e. The van der Waals surface area contributed by atoms with Gasteiger partial charge in [-0.3, -0.25) is 4.79 Å². The Balaban J connectivity index is 2.68. The molecule has 1 aromatic rings. The quantitative estimate of drug-likeness (QED) is 0.799. The molecule has 5 nitrogen and oxygen atoms in total. The van der Waals surface area contributed by atoms with E-state index in [-0.39, 0.29) is 13.0 Å². The number of hydrogen-bond donors (Lipinski definition) is 2. The van der Waals surface area contributed by atoms with E-state index in [4.69, 9.17) is 5.11 Å². The van der Waals surface area contributed by atoms with E-state index >= 15 is 0 Å². The lowest BCUT2D eigenvalue weighted by Crippen LogP contribution is -2.29. The predicted octanol–water partition coefficient (Wildman–Crippen LogP) is 1.69. The fourth-order valence-electron chi connectivity index (χ4n) is 1.58. The van der Waals surface area contributed by atoms with Crippen LogP contribution in [0.4, 0.5) is 13.2 Å². The highest BCUT2D eigenvalue weighted by Crippen LogP contribution is 2.20. The molecule has 0 aliphatic carbocycles. The van der Waals surface area contributed by atoms with E-state index in [1.165, 1.54) is 12.1 Å². The Morgan fingerprint density at radius 3 is 2.29 bits per heavy atom. The van der Waals surface area contributed by atoms with Crippen molar-refractivity contribution >= 4 is 16.0 Å². The van der Waals surface area contributed by atoms with Crippen LogP contribution in [0.1, 0.15) is 17.5 Å². The van der Waals surface area contributed by atoms with Gasteiger partial charge < -0.3 is 5.11 Å². The maximum atomic E-state index is 12.0. The third-order valence-electron chi connectivity index (χ3n) is 2.60. The maximum absolute atomic E-state index is 12.0. The first kappa shape index (κ1) is 17.4. The molecule has 0 amide bonds. The molecule has 0 saturated heterocycles. The van der Waals surface area contributed by atoms with Crippen LogP contribution in [-0.4, -0.2) is 31.4 Å². The molecule has 118 valence electrons. The molecule has 0 spiro atoms. The zero-order valence-electron chi connectivity index (χ0n) is 10.9. The van der Waals surface area contributed by atoms with Crippen molar-refractivity contribution in [2.75, 3.05) is 5.75 Å². The van der Waals surface area contributed by atoms with Crippen molar-refractivity contribution in [3.8, 4) is 0 Å². The number of halogens is 3. The summed E-state index contributed by atoms with van der Waals surface area (Å²) in [6, 6.07) is 6.22. The molecule has 0 fully saturated rings. The first-order valence-electron chi connectivity index (χ1n) is 5.92. The van der Waals surface area contributed by atoms with Gasteiger partial charge in [0.1, 0.15) is 0 Å². The van der Waals surface area contributed by atoms with Crippen molar-refractivity contribution in [2.45, 2.75) is 25.6 Å². The largest absolute Gasteiger partial charge is 0.481 e. The summed E-state index contributed by atoms with van der Waals surface area (Å²) in [5.74, 6) is -2.14. The van der Waals surface area contributed by atoms with Crippen LogP contribution in [0.2, 0.25) is 0 Å². The van der Waals surface area contributed by atoms with E-state index in [2.05, 4.69) is 0 Å². The van der Waals surface area contributed by atoms with Gasteiger partial charge >= 0.3 is 12.1 Å². The Morgan fingerprint density at radius 1 is 1.19 bits per heavy atom. The topological polar surface area (TPSA) is 83.5 Å². The molecule has 21 heavy (non-hydrogen) atoms. The zero-order valence-corrected chi connectivity index (χ0v) is 11.7. The van der Waals surface area contributed by atoms with Crippen LogP contribution in [0.3, 0.4) is 0 Å². The Kier molecular flexibility index (Phi) is 5.73. The summed E-state index contributed by atoms with van der Waals surface area (Å²) in [7, 11) is -4.08. The van der Waals surface area contributed by atoms with Gasteiger partial charge in [-0.15, -0.1) is 0 Å². The Hall–Kier alpha value is -1.61. The van der Waals surface area contributed by atoms with Crippen LogP contribution in [0, 0.1) is 0 Å². The molecule has 0 aliphatic heterocycles. The van der Waals surface area contributed by atoms with Crippen LogP contribution in [0.25, 0.3) is 0 Å². The van der Waals surface area contributed by atoms with E-state index in [1.54, 1.807) is 12.1 Å². The fraction of sp³-hybridized carbons (Fsp3) is 0.417. The second-order valence-electron chi connectivity index (χ2n) is 4.34. The average Bonchev–Trinajstić information content (AvgIpc) is 2.34. The number of benzene rings is 1. The number of rotatable bonds is 7. The fourth-order valence-corrected chi connectivity index (χ4v) is 2.60. The highest BCUT2D eigenvalue weighted by atomic mass is 32.2. The summed E-state index contributed by atoms with van der Waals surface area (Å²) < 4.78 is 61.0. The van der Waals surface area contributed by atoms with Crippen LogP contribution in [-0.2, 0) is 27.8 Å². The molecule has 0 radical (unpaired) electrons. The van der Waals surface area contributed by atoms with Gasteiger partial charge in [-0.05, 0) is 11.1 Å². The zero-order chi connectivity index (χ0) is 16.1. The van der Waals surface area contributed by atoms with Gasteiger partial charge in [-0.25, -0.2) is 13.1 Å². The van der Waals surface area contributed by atoms with E-state index in [0.29, 0.717) is 11.1 Å². The van der Waals surface area contributed by atoms with Crippen LogP contribution < -0.4 is 4.72 Å². The summed E-state index contributed by atoms with van der Waals surface area (Å²) in [4.78, 5) is 10.7. The lowest BCUT2D eigenvalue weighted by atomic mass is 10.1. The molecule has 0 bridgehead atoms. The van der Waals surface area contributed by atoms with Crippen molar-refractivity contribution in [1.29, 1.82) is 0 Å². The minimum atomic E-state index is -4.55. The van der Waals surface area contributed by atoms with Crippen molar-refractivity contribution in [3.05, 3.63) is 35.4 Å². The van der Waals surface area contributed by atoms with Gasteiger partial charge in [0, 0.05) is 6.54 Å². The van der Waals surface area contributed by atoms with Crippen LogP contribution >= 0.6 is 0 Å². The molecular weight excluding hydrogens is 311 g/mol. The molecule has 0 aliphatic rings. The van der Waals surface area contributed by atoms with Gasteiger partial charge in [0.15, 0.2) is 0 Å². The van der Waals surface area contributed by atoms with Gasteiger partial charge in [0.05, 0.1) is 18.6 Å². The minimum Gasteiger partial charge on any atom is -0.481 e. The SMILES string of the molecule is O=C(O)Cc1ccccc1CNS(=O)(=O)CCC(F)(F)F. The highest BCUT2D eigenvalue weighted by molar-refractivity contribution is 7.89. The van der Waals surface area contributed by atoms with E-state index in [1.807, 2.05) is 4.72 Å². The Labute approximate surface area is 119 Å². The standard InChI is InChI=1S/C12H14F3NO4S/c13-12(14,15)5-6-21(19,20)16-8-10-4-2-1-3-9(10)7-11(17)18/h1-4,16H,5-8H2,(H,17,18). The summed E-state index contributed by atoms with van der Waals surface area (Å²) >= 11 is 0. The third-order valence-corrected chi connectivity index (χ3v) is 3.92. The van der Waals surface area contributed by atoms with Crippen molar-refractivity contribution in [3.63, 3.8) is 0 Å². The molecule has 9 heteroatoms. The van der Waals surface area contributed by atoms with Crippen molar-refractivity contribution in [2.24, 2.45) is 0 Å². The Morgan fingerprint density at radius 2 is 1.76 bits per heavy atom. The van der Waals surface area contributed by atoms with Gasteiger partial charge in [-0.2, -0.15) is 13.2 Å². The number of carboxylic acid groups (broad SMARTS) is 1. The molecule has 1 rings (SSSR count). The minimum absolute atomic E-state index is 0.246. The first-order valence-corrected chi connectivity index (χ1v) is 7.57. The third kappa shape index (κ3) is 7.09. The number of sulfonamides is 1. The number of carbonyl (C=O) groups is 1. The first-order chi connectivity index (χ1) is 9.59. The van der Waals surface area contributed by atoms with Crippen LogP contribution in [0.5, 0.6) is 0 Å². The monoisotopic (exact) mass is 325 g/mol. The summed E-state index contributed by atoms with van der Waals surface area (Å²) in [6.45, 7) is -0.246. The average molecular weight is 325 g/mol. The normalized spacial score (nSPS) is 12.3. The molecule has 0 heterocycles. The second-order valence-corrected chi connectivity index (χ2v) is 6.27. The van der Waals surface area contributed by atoms with Gasteiger partial charge in [0.25, 0.3) is 0 Å². The number of carboxylic acids is 1. The molecule has 0 aromatic heterocycles. The number of aliphatic carboxylic acids is 1. The molecule has 0 unspecified atom stereocenters.